The van der Waals surface area contributed by atoms with E-state index in [2.05, 4.69) is 15.0 Å². The summed E-state index contributed by atoms with van der Waals surface area (Å²) in [6.45, 7) is 9.17. The number of aryl methyl sites for hydroxylation is 1. The first-order valence-electron chi connectivity index (χ1n) is 6.34. The van der Waals surface area contributed by atoms with Gasteiger partial charge in [-0.05, 0) is 20.8 Å². The van der Waals surface area contributed by atoms with Crippen LogP contribution in [0.2, 0.25) is 5.15 Å². The van der Waals surface area contributed by atoms with Crippen molar-refractivity contribution in [1.82, 2.24) is 19.5 Å². The van der Waals surface area contributed by atoms with Crippen LogP contribution in [0, 0.1) is 6.92 Å². The average molecular weight is 299 g/mol. The van der Waals surface area contributed by atoms with Gasteiger partial charge in [0, 0.05) is 0 Å². The number of carbonyl (C=O) groups is 1. The zero-order valence-electron chi connectivity index (χ0n) is 12.6. The zero-order valence-corrected chi connectivity index (χ0v) is 13.3. The Labute approximate surface area is 123 Å². The predicted molar refractivity (Wildman–Crippen MR) is 77.8 cm³/mol. The van der Waals surface area contributed by atoms with E-state index in [-0.39, 0.29) is 5.15 Å². The quantitative estimate of drug-likeness (QED) is 0.630. The Morgan fingerprint density at radius 2 is 1.95 bits per heavy atom. The van der Waals surface area contributed by atoms with Gasteiger partial charge in [0.2, 0.25) is 0 Å². The highest BCUT2D eigenvalue weighted by Crippen LogP contribution is 2.26. The first-order chi connectivity index (χ1) is 9.37. The van der Waals surface area contributed by atoms with Gasteiger partial charge in [-0.2, -0.15) is 0 Å². The summed E-state index contributed by atoms with van der Waals surface area (Å²) in [5.74, 6) is 0.145. The van der Waals surface area contributed by atoms with Gasteiger partial charge in [0.25, 0.3) is 0 Å². The maximum absolute atomic E-state index is 11.8. The van der Waals surface area contributed by atoms with E-state index in [0.717, 1.165) is 0 Å². The lowest BCUT2D eigenvalue weighted by Gasteiger charge is -2.24. The van der Waals surface area contributed by atoms with Gasteiger partial charge >= 0.3 is 5.97 Å². The Hall–Kier alpha value is -1.69. The topological polar surface area (TPSA) is 69.9 Å². The van der Waals surface area contributed by atoms with Crippen molar-refractivity contribution in [3.63, 3.8) is 0 Å². The molecule has 6 nitrogen and oxygen atoms in total. The van der Waals surface area contributed by atoms with Crippen molar-refractivity contribution in [2.24, 2.45) is 0 Å². The van der Waals surface area contributed by atoms with E-state index in [4.69, 9.17) is 16.3 Å². The molecule has 0 saturated carbocycles. The lowest BCUT2D eigenvalue weighted by molar-refractivity contribution is -0.149. The molecule has 0 aliphatic heterocycles. The van der Waals surface area contributed by atoms with Crippen LogP contribution in [0.3, 0.4) is 0 Å². The molecule has 0 saturated heterocycles. The summed E-state index contributed by atoms with van der Waals surface area (Å²) in [5.41, 5.74) is 0.0633. The van der Waals surface area contributed by atoms with Crippen LogP contribution in [0.1, 0.15) is 33.5 Å². The van der Waals surface area contributed by atoms with E-state index >= 15 is 0 Å². The molecule has 2 rings (SSSR count). The van der Waals surface area contributed by atoms with Crippen molar-refractivity contribution in [1.29, 1.82) is 0 Å². The highest BCUT2D eigenvalue weighted by molar-refractivity contribution is 6.33. The van der Waals surface area contributed by atoms with Crippen molar-refractivity contribution in [2.75, 3.05) is 7.11 Å². The van der Waals surface area contributed by atoms with Crippen LogP contribution in [0.4, 0.5) is 0 Å². The molecule has 0 N–H and O–H groups in total. The second-order valence-electron chi connectivity index (χ2n) is 4.40. The number of hydrogen-bond acceptors (Lipinski definition) is 5. The number of carbonyl (C=O) groups excluding carboxylic acids is 1. The molecular formula is C13H19ClN4O2. The van der Waals surface area contributed by atoms with Gasteiger partial charge in [-0.15, -0.1) is 0 Å². The van der Waals surface area contributed by atoms with Gasteiger partial charge in [0.05, 0.1) is 13.4 Å². The van der Waals surface area contributed by atoms with Gasteiger partial charge in [0.1, 0.15) is 16.9 Å². The number of imidazole rings is 1. The Balaban J connectivity index is 0.000000956. The SMILES string of the molecule is CC.COC(=O)C(C)(C)n1cnc2nc(C)nc(Cl)c21. The van der Waals surface area contributed by atoms with Crippen molar-refractivity contribution in [3.05, 3.63) is 17.3 Å². The minimum Gasteiger partial charge on any atom is -0.467 e. The van der Waals surface area contributed by atoms with E-state index in [1.807, 2.05) is 13.8 Å². The molecule has 0 radical (unpaired) electrons. The third kappa shape index (κ3) is 2.75. The summed E-state index contributed by atoms with van der Waals surface area (Å²) in [6, 6.07) is 0. The zero-order chi connectivity index (χ0) is 15.5. The van der Waals surface area contributed by atoms with E-state index in [1.165, 1.54) is 13.4 Å². The van der Waals surface area contributed by atoms with Crippen LogP contribution in [0.25, 0.3) is 11.2 Å². The van der Waals surface area contributed by atoms with E-state index < -0.39 is 11.5 Å². The van der Waals surface area contributed by atoms with Gasteiger partial charge in [-0.1, -0.05) is 25.4 Å². The maximum atomic E-state index is 11.8. The van der Waals surface area contributed by atoms with Crippen LogP contribution in [-0.4, -0.2) is 32.6 Å². The number of esters is 1. The van der Waals surface area contributed by atoms with Gasteiger partial charge in [-0.25, -0.2) is 19.7 Å². The third-order valence-corrected chi connectivity index (χ3v) is 3.02. The number of methoxy groups -OCH3 is 1. The molecule has 0 aliphatic rings. The van der Waals surface area contributed by atoms with Crippen molar-refractivity contribution in [2.45, 2.75) is 40.2 Å². The third-order valence-electron chi connectivity index (χ3n) is 2.76. The maximum Gasteiger partial charge on any atom is 0.331 e. The Morgan fingerprint density at radius 3 is 2.50 bits per heavy atom. The molecular weight excluding hydrogens is 280 g/mol. The summed E-state index contributed by atoms with van der Waals surface area (Å²) in [5, 5.41) is 0.270. The van der Waals surface area contributed by atoms with Crippen LogP contribution in [0.5, 0.6) is 0 Å². The summed E-state index contributed by atoms with van der Waals surface area (Å²) < 4.78 is 6.40. The van der Waals surface area contributed by atoms with Crippen LogP contribution < -0.4 is 0 Å². The largest absolute Gasteiger partial charge is 0.467 e. The molecule has 0 aromatic carbocycles. The highest BCUT2D eigenvalue weighted by atomic mass is 35.5. The first kappa shape index (κ1) is 16.4. The van der Waals surface area contributed by atoms with E-state index in [1.54, 1.807) is 25.3 Å². The molecule has 2 aromatic rings. The second-order valence-corrected chi connectivity index (χ2v) is 4.76. The number of rotatable bonds is 2. The molecule has 2 heterocycles. The molecule has 0 fully saturated rings. The monoisotopic (exact) mass is 298 g/mol. The summed E-state index contributed by atoms with van der Waals surface area (Å²) in [6.07, 6.45) is 1.52. The van der Waals surface area contributed by atoms with Crippen LogP contribution in [-0.2, 0) is 15.1 Å². The molecule has 0 bridgehead atoms. The van der Waals surface area contributed by atoms with E-state index in [9.17, 15) is 4.79 Å². The van der Waals surface area contributed by atoms with Crippen molar-refractivity contribution >= 4 is 28.7 Å². The first-order valence-corrected chi connectivity index (χ1v) is 6.72. The number of ether oxygens (including phenoxy) is 1. The Morgan fingerprint density at radius 1 is 1.35 bits per heavy atom. The van der Waals surface area contributed by atoms with Crippen LogP contribution >= 0.6 is 11.6 Å². The fourth-order valence-corrected chi connectivity index (χ4v) is 2.06. The summed E-state index contributed by atoms with van der Waals surface area (Å²) in [7, 11) is 1.34. The van der Waals surface area contributed by atoms with E-state index in [0.29, 0.717) is 17.0 Å². The number of halogens is 1. The lowest BCUT2D eigenvalue weighted by atomic mass is 10.1. The molecule has 0 amide bonds. The number of fused-ring (bicyclic) bond motifs is 1. The van der Waals surface area contributed by atoms with Crippen LogP contribution in [0.15, 0.2) is 6.33 Å². The normalized spacial score (nSPS) is 10.9. The second kappa shape index (κ2) is 6.17. The molecule has 0 spiro atoms. The molecule has 2 aromatic heterocycles. The number of aromatic nitrogens is 4. The predicted octanol–water partition coefficient (Wildman–Crippen LogP) is 2.72. The summed E-state index contributed by atoms with van der Waals surface area (Å²) >= 11 is 6.10. The Bertz CT molecular complexity index is 622. The number of hydrogen-bond donors (Lipinski definition) is 0. The highest BCUT2D eigenvalue weighted by Gasteiger charge is 2.33. The molecule has 20 heavy (non-hydrogen) atoms. The minimum absolute atomic E-state index is 0.270. The number of nitrogens with zero attached hydrogens (tertiary/aromatic N) is 4. The molecule has 7 heteroatoms. The molecule has 110 valence electrons. The Kier molecular flexibility index (Phi) is 5.05. The molecule has 0 aliphatic carbocycles. The fraction of sp³-hybridized carbons (Fsp3) is 0.538. The minimum atomic E-state index is -0.925. The van der Waals surface area contributed by atoms with Gasteiger partial charge < -0.3 is 9.30 Å². The fourth-order valence-electron chi connectivity index (χ4n) is 1.76. The van der Waals surface area contributed by atoms with Crippen molar-refractivity contribution in [3.8, 4) is 0 Å². The summed E-state index contributed by atoms with van der Waals surface area (Å²) in [4.78, 5) is 24.2. The van der Waals surface area contributed by atoms with Crippen molar-refractivity contribution < 1.29 is 9.53 Å². The average Bonchev–Trinajstić information content (AvgIpc) is 2.84. The standard InChI is InChI=1S/C11H13ClN4O2.C2H6/c1-6-14-8(12)7-9(15-6)13-5-16(7)11(2,3)10(17)18-4;1-2/h5H,1-4H3;1-2H3. The van der Waals surface area contributed by atoms with Gasteiger partial charge in [-0.3, -0.25) is 0 Å². The van der Waals surface area contributed by atoms with Gasteiger partial charge in [0.15, 0.2) is 10.8 Å². The smallest absolute Gasteiger partial charge is 0.331 e. The lowest BCUT2D eigenvalue weighted by Crippen LogP contribution is -2.36. The molecule has 0 atom stereocenters. The molecule has 0 unspecified atom stereocenters.